The molecule has 2 nitrogen and oxygen atoms in total. The SMILES string of the molecule is C[Si]1(C)c2ccccc2-c2c(-c3cc[c-]c(-c4ccccn4)c3)cccc21.Cc1cccc(-c2[c-]cccc2)n1.[Ir]. The summed E-state index contributed by atoms with van der Waals surface area (Å²) >= 11 is 0. The van der Waals surface area contributed by atoms with E-state index in [1.807, 2.05) is 79.9 Å². The van der Waals surface area contributed by atoms with E-state index >= 15 is 0 Å². The molecule has 203 valence electrons. The summed E-state index contributed by atoms with van der Waals surface area (Å²) in [6, 6.07) is 48.5. The second-order valence-corrected chi connectivity index (χ2v) is 14.9. The van der Waals surface area contributed by atoms with E-state index in [4.69, 9.17) is 0 Å². The van der Waals surface area contributed by atoms with Crippen LogP contribution in [0.25, 0.3) is 44.8 Å². The van der Waals surface area contributed by atoms with Gasteiger partial charge in [0, 0.05) is 32.0 Å². The third-order valence-corrected chi connectivity index (χ3v) is 11.1. The molecular formula is C37H30IrN2Si-2. The van der Waals surface area contributed by atoms with E-state index in [-0.39, 0.29) is 20.1 Å². The second kappa shape index (κ2) is 12.3. The van der Waals surface area contributed by atoms with Crippen LogP contribution in [0.3, 0.4) is 0 Å². The smallest absolute Gasteiger partial charge is 0.113 e. The van der Waals surface area contributed by atoms with Gasteiger partial charge >= 0.3 is 0 Å². The molecule has 2 aromatic heterocycles. The molecular weight excluding hydrogens is 693 g/mol. The van der Waals surface area contributed by atoms with Gasteiger partial charge in [-0.05, 0) is 57.5 Å². The Morgan fingerprint density at radius 1 is 0.610 bits per heavy atom. The van der Waals surface area contributed by atoms with Crippen LogP contribution in [-0.4, -0.2) is 18.0 Å². The van der Waals surface area contributed by atoms with Gasteiger partial charge in [0.25, 0.3) is 0 Å². The topological polar surface area (TPSA) is 25.8 Å². The molecule has 4 aromatic carbocycles. The first-order valence-corrected chi connectivity index (χ1v) is 16.6. The van der Waals surface area contributed by atoms with E-state index < -0.39 is 8.07 Å². The van der Waals surface area contributed by atoms with Crippen molar-refractivity contribution in [3.05, 3.63) is 145 Å². The van der Waals surface area contributed by atoms with Gasteiger partial charge in [0.1, 0.15) is 8.07 Å². The Bertz CT molecular complexity index is 1780. The molecule has 0 N–H and O–H groups in total. The van der Waals surface area contributed by atoms with Gasteiger partial charge in [-0.25, -0.2) is 0 Å². The predicted molar refractivity (Wildman–Crippen MR) is 169 cm³/mol. The van der Waals surface area contributed by atoms with Crippen LogP contribution in [0, 0.1) is 19.1 Å². The van der Waals surface area contributed by atoms with Crippen LogP contribution in [0.5, 0.6) is 0 Å². The van der Waals surface area contributed by atoms with Gasteiger partial charge in [0.2, 0.25) is 0 Å². The summed E-state index contributed by atoms with van der Waals surface area (Å²) in [6.07, 6.45) is 1.83. The Balaban J connectivity index is 0.000000204. The Labute approximate surface area is 257 Å². The summed E-state index contributed by atoms with van der Waals surface area (Å²) in [5.41, 5.74) is 10.4. The summed E-state index contributed by atoms with van der Waals surface area (Å²) in [7, 11) is -1.64. The molecule has 0 bridgehead atoms. The fraction of sp³-hybridized carbons (Fsp3) is 0.0811. The maximum Gasteiger partial charge on any atom is 0.113 e. The first-order chi connectivity index (χ1) is 19.5. The van der Waals surface area contributed by atoms with Crippen molar-refractivity contribution in [3.63, 3.8) is 0 Å². The Morgan fingerprint density at radius 3 is 2.10 bits per heavy atom. The zero-order chi connectivity index (χ0) is 27.5. The van der Waals surface area contributed by atoms with E-state index in [1.54, 1.807) is 5.19 Å². The third kappa shape index (κ3) is 5.78. The molecule has 0 fully saturated rings. The van der Waals surface area contributed by atoms with Crippen molar-refractivity contribution in [1.82, 2.24) is 9.97 Å². The van der Waals surface area contributed by atoms with Crippen LogP contribution < -0.4 is 10.4 Å². The quantitative estimate of drug-likeness (QED) is 0.137. The minimum absolute atomic E-state index is 0. The van der Waals surface area contributed by atoms with Gasteiger partial charge in [0.15, 0.2) is 0 Å². The summed E-state index contributed by atoms with van der Waals surface area (Å²) < 4.78 is 0. The molecule has 1 aliphatic heterocycles. The molecule has 0 spiro atoms. The molecule has 0 aliphatic carbocycles. The average molecular weight is 723 g/mol. The van der Waals surface area contributed by atoms with Gasteiger partial charge in [-0.3, -0.25) is 0 Å². The van der Waals surface area contributed by atoms with Crippen molar-refractivity contribution < 1.29 is 20.1 Å². The number of aryl methyl sites for hydroxylation is 1. The molecule has 1 radical (unpaired) electrons. The van der Waals surface area contributed by atoms with Crippen molar-refractivity contribution in [2.24, 2.45) is 0 Å². The zero-order valence-electron chi connectivity index (χ0n) is 23.4. The van der Waals surface area contributed by atoms with Gasteiger partial charge in [-0.2, -0.15) is 0 Å². The maximum absolute atomic E-state index is 4.49. The predicted octanol–water partition coefficient (Wildman–Crippen LogP) is 7.87. The van der Waals surface area contributed by atoms with E-state index in [0.29, 0.717) is 0 Å². The second-order valence-electron chi connectivity index (χ2n) is 10.5. The monoisotopic (exact) mass is 723 g/mol. The van der Waals surface area contributed by atoms with E-state index in [0.717, 1.165) is 28.2 Å². The fourth-order valence-corrected chi connectivity index (χ4v) is 8.64. The van der Waals surface area contributed by atoms with Crippen LogP contribution in [0.2, 0.25) is 13.1 Å². The Morgan fingerprint density at radius 2 is 1.32 bits per heavy atom. The number of hydrogen-bond acceptors (Lipinski definition) is 2. The number of hydrogen-bond donors (Lipinski definition) is 0. The molecule has 7 rings (SSSR count). The number of aromatic nitrogens is 2. The third-order valence-electron chi connectivity index (χ3n) is 7.53. The largest absolute Gasteiger partial charge is 0.305 e. The molecule has 1 aliphatic rings. The van der Waals surface area contributed by atoms with Gasteiger partial charge in [-0.15, -0.1) is 71.3 Å². The van der Waals surface area contributed by atoms with Gasteiger partial charge < -0.3 is 9.97 Å². The number of nitrogens with zero attached hydrogens (tertiary/aromatic N) is 2. The van der Waals surface area contributed by atoms with Gasteiger partial charge in [0.05, 0.1) is 0 Å². The number of benzene rings is 4. The number of pyridine rings is 2. The first kappa shape index (κ1) is 28.6. The first-order valence-electron chi connectivity index (χ1n) is 13.6. The normalized spacial score (nSPS) is 12.3. The van der Waals surface area contributed by atoms with E-state index in [9.17, 15) is 0 Å². The van der Waals surface area contributed by atoms with Crippen molar-refractivity contribution in [2.45, 2.75) is 20.0 Å². The molecule has 0 unspecified atom stereocenters. The van der Waals surface area contributed by atoms with Crippen molar-refractivity contribution >= 4 is 18.4 Å². The van der Waals surface area contributed by atoms with Crippen LogP contribution in [0.1, 0.15) is 5.69 Å². The molecule has 0 saturated carbocycles. The Kier molecular flexibility index (Phi) is 8.56. The van der Waals surface area contributed by atoms with Gasteiger partial charge in [-0.1, -0.05) is 79.8 Å². The summed E-state index contributed by atoms with van der Waals surface area (Å²) in [4.78, 5) is 8.90. The molecule has 0 atom stereocenters. The number of fused-ring (bicyclic) bond motifs is 3. The molecule has 0 amide bonds. The molecule has 41 heavy (non-hydrogen) atoms. The maximum atomic E-state index is 4.49. The van der Waals surface area contributed by atoms with Crippen molar-refractivity contribution in [2.75, 3.05) is 0 Å². The summed E-state index contributed by atoms with van der Waals surface area (Å²) in [5, 5.41) is 3.08. The van der Waals surface area contributed by atoms with Crippen LogP contribution in [-0.2, 0) is 20.1 Å². The molecule has 0 saturated heterocycles. The van der Waals surface area contributed by atoms with Crippen molar-refractivity contribution in [3.8, 4) is 44.8 Å². The summed E-state index contributed by atoms with van der Waals surface area (Å²) in [5.74, 6) is 0. The standard InChI is InChI=1S/C25H20NSi.C12H10N.Ir/c1-27(2)23-14-4-3-11-21(23)25-20(12-8-15-24(25)27)18-9-7-10-19(17-18)22-13-5-6-16-26-22;1-10-6-5-9-12(13-10)11-7-3-2-4-8-11;/h3-9,11-17H,1-2H3;2-7,9H,1H3;/q2*-1;. The van der Waals surface area contributed by atoms with Crippen LogP contribution in [0.4, 0.5) is 0 Å². The van der Waals surface area contributed by atoms with E-state index in [2.05, 4.69) is 89.8 Å². The number of rotatable bonds is 3. The van der Waals surface area contributed by atoms with E-state index in [1.165, 1.54) is 27.4 Å². The molecule has 3 heterocycles. The zero-order valence-corrected chi connectivity index (χ0v) is 26.7. The average Bonchev–Trinajstić information content (AvgIpc) is 3.25. The fourth-order valence-electron chi connectivity index (χ4n) is 5.54. The van der Waals surface area contributed by atoms with Crippen molar-refractivity contribution in [1.29, 1.82) is 0 Å². The Hall–Kier alpha value is -3.95. The minimum atomic E-state index is -1.64. The summed E-state index contributed by atoms with van der Waals surface area (Å²) in [6.45, 7) is 6.91. The van der Waals surface area contributed by atoms with Crippen LogP contribution >= 0.6 is 0 Å². The van der Waals surface area contributed by atoms with Crippen LogP contribution in [0.15, 0.2) is 128 Å². The molecule has 6 aromatic rings. The minimum Gasteiger partial charge on any atom is -0.305 e. The molecule has 4 heteroatoms.